The molecule has 1 unspecified atom stereocenters. The third kappa shape index (κ3) is 4.36. The average Bonchev–Trinajstić information content (AvgIpc) is 2.79. The van der Waals surface area contributed by atoms with Crippen LogP contribution in [0.25, 0.3) is 10.9 Å². The van der Waals surface area contributed by atoms with Gasteiger partial charge in [0.25, 0.3) is 5.91 Å². The Hall–Kier alpha value is -2.79. The lowest BCUT2D eigenvalue weighted by Crippen LogP contribution is -2.54. The largest absolute Gasteiger partial charge is 0.367 e. The van der Waals surface area contributed by atoms with Crippen molar-refractivity contribution in [2.24, 2.45) is 0 Å². The van der Waals surface area contributed by atoms with Crippen LogP contribution in [0.2, 0.25) is 0 Å². The number of aromatic nitrogens is 2. The van der Waals surface area contributed by atoms with Crippen LogP contribution in [0.5, 0.6) is 0 Å². The molecule has 30 heavy (non-hydrogen) atoms. The van der Waals surface area contributed by atoms with Crippen molar-refractivity contribution in [2.45, 2.75) is 50.9 Å². The molecule has 2 heterocycles. The van der Waals surface area contributed by atoms with Gasteiger partial charge < -0.3 is 10.2 Å². The normalized spacial score (nSPS) is 23.7. The van der Waals surface area contributed by atoms with E-state index in [0.717, 1.165) is 55.5 Å². The molecule has 2 aromatic rings. The van der Waals surface area contributed by atoms with Gasteiger partial charge in [-0.2, -0.15) is 5.26 Å². The standard InChI is InChI=1S/C22H27FN6O/c1-15(23)22(30)29-10-8-28(9-11-29)18-5-3-17(4-6-18)27-21-19-12-16(13-24)2-7-20(19)25-14-26-21/h2,7,12,14-15,17-18H,3-6,8-11H2,1H3,(H,25,26,27)/t15?,17-,18-. The Labute approximate surface area is 175 Å². The van der Waals surface area contributed by atoms with Crippen LogP contribution in [-0.4, -0.2) is 70.1 Å². The van der Waals surface area contributed by atoms with E-state index in [1.165, 1.54) is 6.92 Å². The molecule has 2 fully saturated rings. The van der Waals surface area contributed by atoms with Crippen molar-refractivity contribution in [1.29, 1.82) is 5.26 Å². The highest BCUT2D eigenvalue weighted by atomic mass is 19.1. The smallest absolute Gasteiger partial charge is 0.256 e. The molecule has 1 aromatic heterocycles. The number of hydrogen-bond donors (Lipinski definition) is 1. The van der Waals surface area contributed by atoms with Gasteiger partial charge in [-0.3, -0.25) is 9.69 Å². The number of nitriles is 1. The van der Waals surface area contributed by atoms with E-state index in [9.17, 15) is 14.4 Å². The highest BCUT2D eigenvalue weighted by Gasteiger charge is 2.30. The van der Waals surface area contributed by atoms with E-state index >= 15 is 0 Å². The summed E-state index contributed by atoms with van der Waals surface area (Å²) in [5.74, 6) is 0.396. The lowest BCUT2D eigenvalue weighted by Gasteiger charge is -2.42. The predicted molar refractivity (Wildman–Crippen MR) is 113 cm³/mol. The molecular formula is C22H27FN6O. The van der Waals surface area contributed by atoms with Crippen LogP contribution in [0.1, 0.15) is 38.2 Å². The third-order valence-corrected chi connectivity index (χ3v) is 6.28. The average molecular weight is 410 g/mol. The van der Waals surface area contributed by atoms with E-state index < -0.39 is 6.17 Å². The van der Waals surface area contributed by atoms with Crippen molar-refractivity contribution in [3.8, 4) is 6.07 Å². The van der Waals surface area contributed by atoms with Gasteiger partial charge in [0.15, 0.2) is 6.17 Å². The minimum atomic E-state index is -1.42. The quantitative estimate of drug-likeness (QED) is 0.834. The zero-order chi connectivity index (χ0) is 21.1. The number of halogens is 1. The van der Waals surface area contributed by atoms with Crippen LogP contribution in [-0.2, 0) is 4.79 Å². The summed E-state index contributed by atoms with van der Waals surface area (Å²) >= 11 is 0. The van der Waals surface area contributed by atoms with E-state index in [4.69, 9.17) is 0 Å². The highest BCUT2D eigenvalue weighted by Crippen LogP contribution is 2.28. The monoisotopic (exact) mass is 410 g/mol. The molecule has 1 aromatic carbocycles. The van der Waals surface area contributed by atoms with Crippen molar-refractivity contribution in [1.82, 2.24) is 19.8 Å². The first-order valence-corrected chi connectivity index (χ1v) is 10.6. The number of amides is 1. The van der Waals surface area contributed by atoms with Crippen molar-refractivity contribution in [3.63, 3.8) is 0 Å². The molecule has 1 atom stereocenters. The predicted octanol–water partition coefficient (Wildman–Crippen LogP) is 2.73. The third-order valence-electron chi connectivity index (χ3n) is 6.28. The fraction of sp³-hybridized carbons (Fsp3) is 0.545. The molecule has 0 bridgehead atoms. The first-order chi connectivity index (χ1) is 14.5. The number of carbonyl (C=O) groups is 1. The van der Waals surface area contributed by atoms with Gasteiger partial charge in [0, 0.05) is 43.6 Å². The lowest BCUT2D eigenvalue weighted by molar-refractivity contribution is -0.138. The molecule has 1 saturated carbocycles. The second kappa shape index (κ2) is 8.92. The molecule has 1 saturated heterocycles. The zero-order valence-electron chi connectivity index (χ0n) is 17.2. The highest BCUT2D eigenvalue weighted by molar-refractivity contribution is 5.89. The lowest BCUT2D eigenvalue weighted by atomic mass is 9.89. The van der Waals surface area contributed by atoms with Crippen LogP contribution < -0.4 is 5.32 Å². The maximum Gasteiger partial charge on any atom is 0.256 e. The number of alkyl halides is 1. The topological polar surface area (TPSA) is 85.2 Å². The summed E-state index contributed by atoms with van der Waals surface area (Å²) in [6.45, 7) is 4.16. The van der Waals surface area contributed by atoms with Crippen molar-refractivity contribution >= 4 is 22.6 Å². The Morgan fingerprint density at radius 2 is 1.93 bits per heavy atom. The van der Waals surface area contributed by atoms with Gasteiger partial charge in [-0.15, -0.1) is 0 Å². The van der Waals surface area contributed by atoms with Crippen LogP contribution in [0, 0.1) is 11.3 Å². The van der Waals surface area contributed by atoms with E-state index in [1.54, 1.807) is 17.3 Å². The number of hydrogen-bond acceptors (Lipinski definition) is 6. The van der Waals surface area contributed by atoms with Crippen LogP contribution in [0.4, 0.5) is 10.2 Å². The summed E-state index contributed by atoms with van der Waals surface area (Å²) in [4.78, 5) is 24.6. The molecular weight excluding hydrogens is 383 g/mol. The fourth-order valence-corrected chi connectivity index (χ4v) is 4.58. The maximum absolute atomic E-state index is 13.3. The molecule has 8 heteroatoms. The molecule has 7 nitrogen and oxygen atoms in total. The number of piperazine rings is 1. The van der Waals surface area contributed by atoms with Gasteiger partial charge in [0.1, 0.15) is 12.1 Å². The Balaban J connectivity index is 1.32. The number of nitrogens with zero attached hydrogens (tertiary/aromatic N) is 5. The van der Waals surface area contributed by atoms with Crippen LogP contribution in [0.3, 0.4) is 0 Å². The minimum absolute atomic E-state index is 0.334. The summed E-state index contributed by atoms with van der Waals surface area (Å²) in [6.07, 6.45) is 4.38. The van der Waals surface area contributed by atoms with E-state index in [2.05, 4.69) is 26.3 Å². The second-order valence-corrected chi connectivity index (χ2v) is 8.19. The molecule has 158 valence electrons. The summed E-state index contributed by atoms with van der Waals surface area (Å²) in [5.41, 5.74) is 1.43. The fourth-order valence-electron chi connectivity index (χ4n) is 4.58. The first-order valence-electron chi connectivity index (χ1n) is 10.6. The zero-order valence-corrected chi connectivity index (χ0v) is 17.2. The maximum atomic E-state index is 13.3. The Morgan fingerprint density at radius 1 is 1.20 bits per heavy atom. The Kier molecular flexibility index (Phi) is 6.09. The van der Waals surface area contributed by atoms with Crippen LogP contribution >= 0.6 is 0 Å². The second-order valence-electron chi connectivity index (χ2n) is 8.19. The van der Waals surface area contributed by atoms with Gasteiger partial charge in [-0.25, -0.2) is 14.4 Å². The van der Waals surface area contributed by atoms with Crippen molar-refractivity contribution < 1.29 is 9.18 Å². The number of nitrogens with one attached hydrogen (secondary N) is 1. The number of benzene rings is 1. The van der Waals surface area contributed by atoms with Gasteiger partial charge in [-0.1, -0.05) is 0 Å². The van der Waals surface area contributed by atoms with E-state index in [0.29, 0.717) is 30.7 Å². The summed E-state index contributed by atoms with van der Waals surface area (Å²) in [6, 6.07) is 8.48. The van der Waals surface area contributed by atoms with Crippen molar-refractivity contribution in [3.05, 3.63) is 30.1 Å². The molecule has 1 aliphatic heterocycles. The molecule has 4 rings (SSSR count). The van der Waals surface area contributed by atoms with E-state index in [-0.39, 0.29) is 5.91 Å². The van der Waals surface area contributed by atoms with Crippen LogP contribution in [0.15, 0.2) is 24.5 Å². The van der Waals surface area contributed by atoms with Crippen molar-refractivity contribution in [2.75, 3.05) is 31.5 Å². The molecule has 1 amide bonds. The van der Waals surface area contributed by atoms with Gasteiger partial charge in [0.2, 0.25) is 0 Å². The van der Waals surface area contributed by atoms with Gasteiger partial charge in [0.05, 0.1) is 17.1 Å². The number of fused-ring (bicyclic) bond motifs is 1. The molecule has 1 N–H and O–H groups in total. The Bertz CT molecular complexity index is 942. The van der Waals surface area contributed by atoms with E-state index in [1.807, 2.05) is 12.1 Å². The first kappa shape index (κ1) is 20.5. The molecule has 2 aliphatic rings. The van der Waals surface area contributed by atoms with Gasteiger partial charge >= 0.3 is 0 Å². The minimum Gasteiger partial charge on any atom is -0.367 e. The number of anilines is 1. The SMILES string of the molecule is CC(F)C(=O)N1CCN([C@H]2CC[C@H](Nc3ncnc4ccc(C#N)cc34)CC2)CC1. The molecule has 1 aliphatic carbocycles. The number of carbonyl (C=O) groups excluding carboxylic acids is 1. The summed E-state index contributed by atoms with van der Waals surface area (Å²) in [7, 11) is 0. The summed E-state index contributed by atoms with van der Waals surface area (Å²) in [5, 5.41) is 13.6. The van der Waals surface area contributed by atoms with Gasteiger partial charge in [-0.05, 0) is 50.8 Å². The summed E-state index contributed by atoms with van der Waals surface area (Å²) < 4.78 is 13.3. The molecule has 0 spiro atoms. The molecule has 0 radical (unpaired) electrons. The number of rotatable bonds is 4. The Morgan fingerprint density at radius 3 is 2.60 bits per heavy atom.